The Bertz CT molecular complexity index is 439. The van der Waals surface area contributed by atoms with Crippen molar-refractivity contribution in [3.8, 4) is 0 Å². The maximum atomic E-state index is 9.99. The van der Waals surface area contributed by atoms with Gasteiger partial charge in [0.2, 0.25) is 0 Å². The van der Waals surface area contributed by atoms with Crippen molar-refractivity contribution >= 4 is 0 Å². The first-order valence-corrected chi connectivity index (χ1v) is 10.1. The minimum absolute atomic E-state index is 0.0368. The summed E-state index contributed by atoms with van der Waals surface area (Å²) in [5, 5.41) is 18.7. The number of ether oxygens (including phenoxy) is 7. The van der Waals surface area contributed by atoms with Gasteiger partial charge in [0.1, 0.15) is 6.10 Å². The Morgan fingerprint density at radius 3 is 1.58 bits per heavy atom. The number of hydrogen-bond acceptors (Lipinski definition) is 9. The Kier molecular flexibility index (Phi) is 19.6. The van der Waals surface area contributed by atoms with Gasteiger partial charge in [0.15, 0.2) is 6.10 Å². The van der Waals surface area contributed by atoms with Crippen LogP contribution in [-0.4, -0.2) is 101 Å². The van der Waals surface area contributed by atoms with Crippen molar-refractivity contribution in [1.82, 2.24) is 0 Å². The molecule has 180 valence electrons. The highest BCUT2D eigenvalue weighted by atomic mass is 16.9. The normalized spacial score (nSPS) is 13.5. The van der Waals surface area contributed by atoms with E-state index >= 15 is 0 Å². The summed E-state index contributed by atoms with van der Waals surface area (Å²) in [5.41, 5.74) is 0. The molecule has 0 aromatic rings. The Labute approximate surface area is 185 Å². The lowest BCUT2D eigenvalue weighted by molar-refractivity contribution is -0.419. The van der Waals surface area contributed by atoms with Crippen LogP contribution in [0, 0.1) is 0 Å². The van der Waals surface area contributed by atoms with E-state index in [4.69, 9.17) is 38.3 Å². The first-order chi connectivity index (χ1) is 15.2. The van der Waals surface area contributed by atoms with E-state index in [-0.39, 0.29) is 52.9 Å². The zero-order chi connectivity index (χ0) is 23.2. The highest BCUT2D eigenvalue weighted by Gasteiger charge is 2.48. The Balaban J connectivity index is 5.26. The van der Waals surface area contributed by atoms with E-state index in [9.17, 15) is 5.11 Å². The third-order valence-corrected chi connectivity index (χ3v) is 3.63. The molecule has 0 rings (SSSR count). The molecule has 0 fully saturated rings. The molecule has 0 spiro atoms. The van der Waals surface area contributed by atoms with Crippen LogP contribution in [0.2, 0.25) is 0 Å². The maximum absolute atomic E-state index is 9.99. The van der Waals surface area contributed by atoms with Crippen LogP contribution in [0.4, 0.5) is 0 Å². The van der Waals surface area contributed by atoms with Crippen molar-refractivity contribution in [3.05, 3.63) is 50.6 Å². The van der Waals surface area contributed by atoms with Gasteiger partial charge >= 0.3 is 5.97 Å². The van der Waals surface area contributed by atoms with Gasteiger partial charge in [-0.15, -0.1) is 26.3 Å². The largest absolute Gasteiger partial charge is 0.394 e. The molecule has 0 radical (unpaired) electrons. The topological polar surface area (TPSA) is 105 Å². The second-order valence-electron chi connectivity index (χ2n) is 5.99. The third kappa shape index (κ3) is 12.9. The van der Waals surface area contributed by atoms with Crippen molar-refractivity contribution < 1.29 is 43.4 Å². The summed E-state index contributed by atoms with van der Waals surface area (Å²) in [6.07, 6.45) is 4.31. The summed E-state index contributed by atoms with van der Waals surface area (Å²) in [4.78, 5) is 0. The fraction of sp³-hybridized carbons (Fsp3) is 0.636. The van der Waals surface area contributed by atoms with Crippen molar-refractivity contribution in [1.29, 1.82) is 0 Å². The van der Waals surface area contributed by atoms with Crippen LogP contribution in [0.1, 0.15) is 0 Å². The quantitative estimate of drug-likeness (QED) is 0.129. The molecule has 31 heavy (non-hydrogen) atoms. The molecule has 2 N–H and O–H groups in total. The summed E-state index contributed by atoms with van der Waals surface area (Å²) in [5.74, 6) is -1.72. The predicted molar refractivity (Wildman–Crippen MR) is 117 cm³/mol. The van der Waals surface area contributed by atoms with Gasteiger partial charge in [-0.3, -0.25) is 0 Å². The van der Waals surface area contributed by atoms with Gasteiger partial charge in [-0.2, -0.15) is 0 Å². The van der Waals surface area contributed by atoms with Crippen molar-refractivity contribution in [2.75, 3.05) is 72.7 Å². The van der Waals surface area contributed by atoms with E-state index in [0.29, 0.717) is 13.2 Å². The van der Waals surface area contributed by atoms with Crippen LogP contribution < -0.4 is 0 Å². The average Bonchev–Trinajstić information content (AvgIpc) is 2.79. The standard InChI is InChI=1S/C22H38O9/c1-5-10-28-21(20(19-24)27-18-17-26-16-15-25-14-9-23)22(29-11-6-2,30-12-7-3)31-13-8-4/h5-8,20-21,23-24H,1-4,9-19H2. The predicted octanol–water partition coefficient (Wildman–Crippen LogP) is 1.22. The molecule has 9 nitrogen and oxygen atoms in total. The molecule has 0 amide bonds. The smallest absolute Gasteiger partial charge is 0.314 e. The highest BCUT2D eigenvalue weighted by molar-refractivity contribution is 4.86. The molecule has 0 aliphatic rings. The zero-order valence-electron chi connectivity index (χ0n) is 18.3. The third-order valence-electron chi connectivity index (χ3n) is 3.63. The van der Waals surface area contributed by atoms with Crippen LogP contribution in [0.15, 0.2) is 50.6 Å². The van der Waals surface area contributed by atoms with E-state index < -0.39 is 24.8 Å². The van der Waals surface area contributed by atoms with Crippen LogP contribution in [0.3, 0.4) is 0 Å². The first-order valence-electron chi connectivity index (χ1n) is 10.1. The summed E-state index contributed by atoms with van der Waals surface area (Å²) in [6, 6.07) is 0. The van der Waals surface area contributed by atoms with E-state index in [1.54, 1.807) is 6.08 Å². The van der Waals surface area contributed by atoms with Crippen LogP contribution >= 0.6 is 0 Å². The van der Waals surface area contributed by atoms with Gasteiger partial charge in [0.25, 0.3) is 0 Å². The van der Waals surface area contributed by atoms with Gasteiger partial charge in [-0.05, 0) is 0 Å². The second-order valence-corrected chi connectivity index (χ2v) is 5.99. The van der Waals surface area contributed by atoms with E-state index in [0.717, 1.165) is 0 Å². The van der Waals surface area contributed by atoms with Crippen molar-refractivity contribution in [2.24, 2.45) is 0 Å². The van der Waals surface area contributed by atoms with Crippen molar-refractivity contribution in [3.63, 3.8) is 0 Å². The Morgan fingerprint density at radius 2 is 1.13 bits per heavy atom. The molecular formula is C22H38O9. The SMILES string of the molecule is C=CCOC(C(CO)OCCOCCOCCO)C(OCC=C)(OCC=C)OCC=C. The molecule has 0 heterocycles. The number of aliphatic hydroxyl groups is 2. The molecule has 0 bridgehead atoms. The van der Waals surface area contributed by atoms with E-state index in [1.807, 2.05) is 0 Å². The lowest BCUT2D eigenvalue weighted by Gasteiger charge is -2.41. The summed E-state index contributed by atoms with van der Waals surface area (Å²) >= 11 is 0. The minimum atomic E-state index is -1.72. The fourth-order valence-corrected chi connectivity index (χ4v) is 2.39. The first kappa shape index (κ1) is 29.6. The number of rotatable bonds is 24. The molecule has 0 aliphatic carbocycles. The maximum Gasteiger partial charge on any atom is 0.314 e. The summed E-state index contributed by atoms with van der Waals surface area (Å²) in [6.45, 7) is 16.0. The molecular weight excluding hydrogens is 408 g/mol. The number of aliphatic hydroxyl groups excluding tert-OH is 2. The summed E-state index contributed by atoms with van der Waals surface area (Å²) in [7, 11) is 0. The molecule has 9 heteroatoms. The Hall–Kier alpha value is -1.40. The van der Waals surface area contributed by atoms with Crippen LogP contribution in [0.25, 0.3) is 0 Å². The monoisotopic (exact) mass is 446 g/mol. The fourth-order valence-electron chi connectivity index (χ4n) is 2.39. The summed E-state index contributed by atoms with van der Waals surface area (Å²) < 4.78 is 39.7. The van der Waals surface area contributed by atoms with E-state index in [2.05, 4.69) is 26.3 Å². The lowest BCUT2D eigenvalue weighted by Crippen LogP contribution is -2.58. The molecule has 2 atom stereocenters. The highest BCUT2D eigenvalue weighted by Crippen LogP contribution is 2.28. The van der Waals surface area contributed by atoms with Crippen LogP contribution in [-0.2, 0) is 33.2 Å². The molecule has 0 aromatic carbocycles. The second kappa shape index (κ2) is 20.5. The van der Waals surface area contributed by atoms with E-state index in [1.165, 1.54) is 18.2 Å². The Morgan fingerprint density at radius 1 is 0.645 bits per heavy atom. The van der Waals surface area contributed by atoms with Gasteiger partial charge in [-0.1, -0.05) is 24.3 Å². The van der Waals surface area contributed by atoms with Crippen LogP contribution in [0.5, 0.6) is 0 Å². The molecule has 0 aliphatic heterocycles. The molecule has 0 saturated heterocycles. The van der Waals surface area contributed by atoms with Crippen molar-refractivity contribution in [2.45, 2.75) is 18.2 Å². The minimum Gasteiger partial charge on any atom is -0.394 e. The molecule has 2 unspecified atom stereocenters. The zero-order valence-corrected chi connectivity index (χ0v) is 18.3. The molecule has 0 saturated carbocycles. The number of hydrogen-bond donors (Lipinski definition) is 2. The van der Waals surface area contributed by atoms with Gasteiger partial charge < -0.3 is 43.4 Å². The average molecular weight is 447 g/mol. The van der Waals surface area contributed by atoms with Gasteiger partial charge in [-0.25, -0.2) is 0 Å². The van der Waals surface area contributed by atoms with Gasteiger partial charge in [0.05, 0.1) is 72.7 Å². The van der Waals surface area contributed by atoms with Gasteiger partial charge in [0, 0.05) is 0 Å². The lowest BCUT2D eigenvalue weighted by atomic mass is 10.1. The molecule has 0 aromatic heterocycles.